The Morgan fingerprint density at radius 3 is 1.96 bits per heavy atom. The first-order chi connectivity index (χ1) is 13.2. The van der Waals surface area contributed by atoms with Crippen LogP contribution in [0.4, 0.5) is 0 Å². The molecule has 0 aliphatic carbocycles. The number of carbonyl (C=O) groups excluding carboxylic acids is 4. The molecule has 0 saturated heterocycles. The van der Waals surface area contributed by atoms with E-state index in [1.807, 2.05) is 0 Å². The molecule has 28 heavy (non-hydrogen) atoms. The topological polar surface area (TPSA) is 124 Å². The molecule has 0 spiro atoms. The zero-order valence-corrected chi connectivity index (χ0v) is 16.9. The summed E-state index contributed by atoms with van der Waals surface area (Å²) in [6, 6.07) is 2.82. The van der Waals surface area contributed by atoms with Crippen LogP contribution in [0, 0.1) is 18.8 Å². The van der Waals surface area contributed by atoms with Crippen molar-refractivity contribution in [1.29, 1.82) is 0 Å². The van der Waals surface area contributed by atoms with Crippen molar-refractivity contribution >= 4 is 23.8 Å². The molecule has 0 radical (unpaired) electrons. The minimum absolute atomic E-state index is 0.0462. The fraction of sp³-hybridized carbons (Fsp3) is 0.579. The fourth-order valence-electron chi connectivity index (χ4n) is 2.41. The van der Waals surface area contributed by atoms with Gasteiger partial charge in [-0.05, 0) is 19.1 Å². The highest BCUT2D eigenvalue weighted by Gasteiger charge is 2.25. The highest BCUT2D eigenvalue weighted by molar-refractivity contribution is 5.84. The predicted molar refractivity (Wildman–Crippen MR) is 98.9 cm³/mol. The van der Waals surface area contributed by atoms with Crippen molar-refractivity contribution < 1.29 is 33.1 Å². The molecule has 9 heteroatoms. The summed E-state index contributed by atoms with van der Waals surface area (Å²) in [5, 5.41) is 5.48. The van der Waals surface area contributed by atoms with E-state index in [1.165, 1.54) is 14.2 Å². The normalized spacial score (nSPS) is 13.8. The molecular formula is C19H28N2O7. The second-order valence-electron chi connectivity index (χ2n) is 6.62. The molecule has 0 saturated carbocycles. The van der Waals surface area contributed by atoms with E-state index in [9.17, 15) is 19.2 Å². The Morgan fingerprint density at radius 1 is 0.964 bits per heavy atom. The van der Waals surface area contributed by atoms with Gasteiger partial charge in [0.25, 0.3) is 0 Å². The van der Waals surface area contributed by atoms with Crippen LogP contribution in [-0.4, -0.2) is 44.5 Å². The lowest BCUT2D eigenvalue weighted by molar-refractivity contribution is -0.144. The zero-order valence-electron chi connectivity index (χ0n) is 16.9. The number of esters is 2. The van der Waals surface area contributed by atoms with Crippen LogP contribution in [0.2, 0.25) is 0 Å². The Kier molecular flexibility index (Phi) is 9.20. The Bertz CT molecular complexity index is 698. The van der Waals surface area contributed by atoms with Gasteiger partial charge in [0.1, 0.15) is 17.6 Å². The Hall–Kier alpha value is -2.84. The Morgan fingerprint density at radius 2 is 1.50 bits per heavy atom. The maximum absolute atomic E-state index is 12.4. The van der Waals surface area contributed by atoms with E-state index in [1.54, 1.807) is 32.9 Å². The van der Waals surface area contributed by atoms with Crippen LogP contribution >= 0.6 is 0 Å². The average Bonchev–Trinajstić information content (AvgIpc) is 3.10. The lowest BCUT2D eigenvalue weighted by atomic mass is 10.1. The first-order valence-electron chi connectivity index (χ1n) is 8.95. The van der Waals surface area contributed by atoms with E-state index in [0.717, 1.165) is 0 Å². The second kappa shape index (κ2) is 11.1. The molecule has 156 valence electrons. The van der Waals surface area contributed by atoms with E-state index in [-0.39, 0.29) is 31.2 Å². The molecule has 0 fully saturated rings. The summed E-state index contributed by atoms with van der Waals surface area (Å²) < 4.78 is 14.7. The number of methoxy groups -OCH3 is 2. The molecule has 0 aromatic carbocycles. The Balaban J connectivity index is 2.76. The molecule has 1 aromatic heterocycles. The number of nitrogens with one attached hydrogen (secondary N) is 2. The van der Waals surface area contributed by atoms with Gasteiger partial charge in [-0.3, -0.25) is 19.2 Å². The predicted octanol–water partition coefficient (Wildman–Crippen LogP) is 1.26. The van der Waals surface area contributed by atoms with Gasteiger partial charge in [-0.1, -0.05) is 13.8 Å². The third-order valence-corrected chi connectivity index (χ3v) is 4.20. The average molecular weight is 396 g/mol. The van der Waals surface area contributed by atoms with Gasteiger partial charge in [0.15, 0.2) is 0 Å². The van der Waals surface area contributed by atoms with Gasteiger partial charge in [0.2, 0.25) is 11.8 Å². The van der Waals surface area contributed by atoms with E-state index >= 15 is 0 Å². The van der Waals surface area contributed by atoms with Gasteiger partial charge in [-0.15, -0.1) is 0 Å². The van der Waals surface area contributed by atoms with Crippen LogP contribution in [0.3, 0.4) is 0 Å². The van der Waals surface area contributed by atoms with Crippen molar-refractivity contribution in [3.05, 3.63) is 23.7 Å². The van der Waals surface area contributed by atoms with Crippen LogP contribution < -0.4 is 10.6 Å². The quantitative estimate of drug-likeness (QED) is 0.571. The van der Waals surface area contributed by atoms with Crippen LogP contribution in [0.15, 0.2) is 16.5 Å². The summed E-state index contributed by atoms with van der Waals surface area (Å²) in [5.74, 6) is -1.76. The number of amides is 2. The monoisotopic (exact) mass is 396 g/mol. The summed E-state index contributed by atoms with van der Waals surface area (Å²) in [6.45, 7) is 5.04. The molecule has 1 aromatic rings. The van der Waals surface area contributed by atoms with Gasteiger partial charge in [0.05, 0.1) is 27.1 Å². The van der Waals surface area contributed by atoms with Gasteiger partial charge in [0, 0.05) is 18.4 Å². The number of hydrogen-bond donors (Lipinski definition) is 2. The van der Waals surface area contributed by atoms with Crippen LogP contribution in [0.25, 0.3) is 0 Å². The largest absolute Gasteiger partial charge is 0.469 e. The zero-order chi connectivity index (χ0) is 21.3. The standard InChI is InChI=1S/C19H28N2O7/c1-11(8-16(22)26-4)18(24)20-10-14(15-7-6-13(3)28-15)21-19(25)12(2)9-17(23)27-5/h6-7,11-12,14H,8-10H2,1-5H3,(H,20,24)(H,21,25)/t11-,12-,14-/m0/s1. The minimum atomic E-state index is -0.629. The summed E-state index contributed by atoms with van der Waals surface area (Å²) in [7, 11) is 2.51. The summed E-state index contributed by atoms with van der Waals surface area (Å²) in [5.41, 5.74) is 0. The molecule has 0 unspecified atom stereocenters. The summed E-state index contributed by atoms with van der Waals surface area (Å²) >= 11 is 0. The van der Waals surface area contributed by atoms with Crippen molar-refractivity contribution in [3.63, 3.8) is 0 Å². The van der Waals surface area contributed by atoms with Crippen molar-refractivity contribution in [2.24, 2.45) is 11.8 Å². The van der Waals surface area contributed by atoms with Gasteiger partial charge in [-0.2, -0.15) is 0 Å². The maximum Gasteiger partial charge on any atom is 0.306 e. The van der Waals surface area contributed by atoms with Crippen molar-refractivity contribution in [2.75, 3.05) is 20.8 Å². The molecular weight excluding hydrogens is 368 g/mol. The second-order valence-corrected chi connectivity index (χ2v) is 6.62. The van der Waals surface area contributed by atoms with E-state index in [0.29, 0.717) is 11.5 Å². The van der Waals surface area contributed by atoms with Gasteiger partial charge >= 0.3 is 11.9 Å². The molecule has 1 rings (SSSR count). The number of hydrogen-bond acceptors (Lipinski definition) is 7. The lowest BCUT2D eigenvalue weighted by Gasteiger charge is -2.21. The van der Waals surface area contributed by atoms with Crippen LogP contribution in [0.5, 0.6) is 0 Å². The lowest BCUT2D eigenvalue weighted by Crippen LogP contribution is -2.41. The molecule has 2 N–H and O–H groups in total. The number of rotatable bonds is 10. The minimum Gasteiger partial charge on any atom is -0.469 e. The third-order valence-electron chi connectivity index (χ3n) is 4.20. The van der Waals surface area contributed by atoms with Crippen molar-refractivity contribution in [3.8, 4) is 0 Å². The third kappa shape index (κ3) is 7.42. The first-order valence-corrected chi connectivity index (χ1v) is 8.95. The Labute approximate surface area is 164 Å². The first kappa shape index (κ1) is 23.2. The van der Waals surface area contributed by atoms with E-state index in [4.69, 9.17) is 4.42 Å². The number of furan rings is 1. The van der Waals surface area contributed by atoms with Crippen molar-refractivity contribution in [2.45, 2.75) is 39.7 Å². The molecule has 0 aliphatic rings. The molecule has 0 aliphatic heterocycles. The van der Waals surface area contributed by atoms with E-state index < -0.39 is 29.8 Å². The molecule has 3 atom stereocenters. The highest BCUT2D eigenvalue weighted by atomic mass is 16.5. The van der Waals surface area contributed by atoms with E-state index in [2.05, 4.69) is 20.1 Å². The van der Waals surface area contributed by atoms with Crippen molar-refractivity contribution in [1.82, 2.24) is 10.6 Å². The number of ether oxygens (including phenoxy) is 2. The van der Waals surface area contributed by atoms with Gasteiger partial charge < -0.3 is 24.5 Å². The number of aryl methyl sites for hydroxylation is 1. The molecule has 9 nitrogen and oxygen atoms in total. The summed E-state index contributed by atoms with van der Waals surface area (Å²) in [4.78, 5) is 47.3. The van der Waals surface area contributed by atoms with Crippen LogP contribution in [-0.2, 0) is 28.7 Å². The molecule has 1 heterocycles. The molecule has 2 amide bonds. The SMILES string of the molecule is COC(=O)C[C@H](C)C(=O)NC[C@H](NC(=O)[C@@H](C)CC(=O)OC)c1ccc(C)o1. The molecule has 0 bridgehead atoms. The van der Waals surface area contributed by atoms with Crippen LogP contribution in [0.1, 0.15) is 44.3 Å². The fourth-order valence-corrected chi connectivity index (χ4v) is 2.41. The smallest absolute Gasteiger partial charge is 0.306 e. The number of carbonyl (C=O) groups is 4. The maximum atomic E-state index is 12.4. The van der Waals surface area contributed by atoms with Gasteiger partial charge in [-0.25, -0.2) is 0 Å². The highest BCUT2D eigenvalue weighted by Crippen LogP contribution is 2.17. The summed E-state index contributed by atoms with van der Waals surface area (Å²) in [6.07, 6.45) is -0.107.